The Morgan fingerprint density at radius 3 is 2.63 bits per heavy atom. The largest absolute Gasteiger partial charge is 0.478 e. The number of aryl methyl sites for hydroxylation is 1. The zero-order chi connectivity index (χ0) is 13.7. The third-order valence-corrected chi connectivity index (χ3v) is 3.66. The molecule has 2 rings (SSSR count). The van der Waals surface area contributed by atoms with E-state index >= 15 is 0 Å². The van der Waals surface area contributed by atoms with E-state index in [0.29, 0.717) is 11.3 Å². The number of carboxylic acids is 1. The molecule has 0 unspecified atom stereocenters. The highest BCUT2D eigenvalue weighted by atomic mass is 16.5. The fourth-order valence-corrected chi connectivity index (χ4v) is 2.74. The van der Waals surface area contributed by atoms with E-state index in [4.69, 9.17) is 4.74 Å². The van der Waals surface area contributed by atoms with Gasteiger partial charge in [-0.15, -0.1) is 0 Å². The molecule has 1 N–H and O–H groups in total. The standard InChI is InChI=1S/C14H22N2O3/c1-19-10-11-13(14(17)18)12-8-6-4-2-3-5-7-9-16(12)15-11/h2-10H2,1H3,(H,17,18). The molecule has 1 aliphatic rings. The highest BCUT2D eigenvalue weighted by molar-refractivity contribution is 5.90. The maximum Gasteiger partial charge on any atom is 0.339 e. The van der Waals surface area contributed by atoms with Crippen LogP contribution >= 0.6 is 0 Å². The third-order valence-electron chi connectivity index (χ3n) is 3.66. The molecule has 1 aliphatic heterocycles. The van der Waals surface area contributed by atoms with E-state index < -0.39 is 5.97 Å². The van der Waals surface area contributed by atoms with Crippen molar-refractivity contribution in [3.8, 4) is 0 Å². The number of methoxy groups -OCH3 is 1. The summed E-state index contributed by atoms with van der Waals surface area (Å²) in [6, 6.07) is 0. The molecule has 0 amide bonds. The molecule has 0 bridgehead atoms. The Kier molecular flexibility index (Phi) is 4.96. The minimum atomic E-state index is -0.884. The van der Waals surface area contributed by atoms with E-state index in [-0.39, 0.29) is 6.61 Å². The number of carbonyl (C=O) groups is 1. The van der Waals surface area contributed by atoms with Crippen molar-refractivity contribution in [1.82, 2.24) is 9.78 Å². The number of rotatable bonds is 3. The molecule has 106 valence electrons. The summed E-state index contributed by atoms with van der Waals surface area (Å²) in [5.41, 5.74) is 1.80. The summed E-state index contributed by atoms with van der Waals surface area (Å²) in [6.45, 7) is 1.08. The van der Waals surface area contributed by atoms with E-state index in [1.54, 1.807) is 7.11 Å². The van der Waals surface area contributed by atoms with Gasteiger partial charge in [-0.25, -0.2) is 4.79 Å². The first-order valence-electron chi connectivity index (χ1n) is 7.05. The predicted molar refractivity (Wildman–Crippen MR) is 71.3 cm³/mol. The van der Waals surface area contributed by atoms with Gasteiger partial charge in [0.25, 0.3) is 0 Å². The number of carboxylic acid groups (broad SMARTS) is 1. The highest BCUT2D eigenvalue weighted by Crippen LogP contribution is 2.21. The van der Waals surface area contributed by atoms with Crippen molar-refractivity contribution < 1.29 is 14.6 Å². The molecule has 1 aromatic rings. The number of ether oxygens (including phenoxy) is 1. The quantitative estimate of drug-likeness (QED) is 0.913. The van der Waals surface area contributed by atoms with Crippen LogP contribution in [0.3, 0.4) is 0 Å². The molecule has 0 fully saturated rings. The second-order valence-electron chi connectivity index (χ2n) is 5.10. The first kappa shape index (κ1) is 14.1. The van der Waals surface area contributed by atoms with Gasteiger partial charge < -0.3 is 9.84 Å². The van der Waals surface area contributed by atoms with E-state index in [1.807, 2.05) is 4.68 Å². The average molecular weight is 266 g/mol. The van der Waals surface area contributed by atoms with Crippen molar-refractivity contribution in [3.63, 3.8) is 0 Å². The average Bonchev–Trinajstić information content (AvgIpc) is 2.72. The summed E-state index contributed by atoms with van der Waals surface area (Å²) in [5.74, 6) is -0.884. The van der Waals surface area contributed by atoms with Gasteiger partial charge in [0, 0.05) is 13.7 Å². The molecule has 0 atom stereocenters. The Labute approximate surface area is 113 Å². The van der Waals surface area contributed by atoms with Gasteiger partial charge in [0.15, 0.2) is 0 Å². The van der Waals surface area contributed by atoms with Gasteiger partial charge in [-0.05, 0) is 19.3 Å². The Morgan fingerprint density at radius 1 is 1.26 bits per heavy atom. The van der Waals surface area contributed by atoms with Crippen LogP contribution in [-0.4, -0.2) is 28.0 Å². The van der Waals surface area contributed by atoms with Crippen molar-refractivity contribution in [2.75, 3.05) is 7.11 Å². The molecule has 0 spiro atoms. The van der Waals surface area contributed by atoms with Gasteiger partial charge in [0.1, 0.15) is 11.3 Å². The van der Waals surface area contributed by atoms with Crippen molar-refractivity contribution in [2.24, 2.45) is 0 Å². The zero-order valence-corrected chi connectivity index (χ0v) is 11.5. The maximum atomic E-state index is 11.5. The SMILES string of the molecule is COCc1nn2c(c1C(=O)O)CCCCCCCC2. The first-order chi connectivity index (χ1) is 9.24. The van der Waals surface area contributed by atoms with Crippen LogP contribution in [0.25, 0.3) is 0 Å². The zero-order valence-electron chi connectivity index (χ0n) is 11.5. The van der Waals surface area contributed by atoms with Crippen molar-refractivity contribution >= 4 is 5.97 Å². The lowest BCUT2D eigenvalue weighted by Crippen LogP contribution is -2.10. The van der Waals surface area contributed by atoms with Crippen LogP contribution < -0.4 is 0 Å². The van der Waals surface area contributed by atoms with Crippen LogP contribution in [0.5, 0.6) is 0 Å². The molecular formula is C14H22N2O3. The topological polar surface area (TPSA) is 64.4 Å². The fraction of sp³-hybridized carbons (Fsp3) is 0.714. The van der Waals surface area contributed by atoms with Crippen molar-refractivity contribution in [3.05, 3.63) is 17.0 Å². The molecule has 0 aliphatic carbocycles. The number of fused-ring (bicyclic) bond motifs is 1. The van der Waals surface area contributed by atoms with E-state index in [9.17, 15) is 9.90 Å². The molecule has 2 heterocycles. The smallest absolute Gasteiger partial charge is 0.339 e. The number of aromatic carboxylic acids is 1. The predicted octanol–water partition coefficient (Wildman–Crippen LogP) is 2.62. The van der Waals surface area contributed by atoms with Crippen molar-refractivity contribution in [1.29, 1.82) is 0 Å². The Hall–Kier alpha value is -1.36. The Morgan fingerprint density at radius 2 is 1.95 bits per heavy atom. The Bertz CT molecular complexity index is 440. The van der Waals surface area contributed by atoms with E-state index in [1.165, 1.54) is 25.7 Å². The van der Waals surface area contributed by atoms with Crippen molar-refractivity contribution in [2.45, 2.75) is 58.1 Å². The van der Waals surface area contributed by atoms with Crippen LogP contribution in [0.2, 0.25) is 0 Å². The number of aromatic nitrogens is 2. The van der Waals surface area contributed by atoms with Gasteiger partial charge in [-0.3, -0.25) is 4.68 Å². The van der Waals surface area contributed by atoms with Gasteiger partial charge >= 0.3 is 5.97 Å². The van der Waals surface area contributed by atoms with Gasteiger partial charge in [-0.2, -0.15) is 5.10 Å². The second-order valence-corrected chi connectivity index (χ2v) is 5.10. The molecule has 0 saturated carbocycles. The van der Waals surface area contributed by atoms with E-state index in [2.05, 4.69) is 5.10 Å². The third kappa shape index (κ3) is 3.35. The molecule has 1 aromatic heterocycles. The minimum absolute atomic E-state index is 0.266. The summed E-state index contributed by atoms with van der Waals surface area (Å²) in [5, 5.41) is 13.9. The molecular weight excluding hydrogens is 244 g/mol. The lowest BCUT2D eigenvalue weighted by molar-refractivity contribution is 0.0690. The van der Waals surface area contributed by atoms with Crippen LogP contribution in [0.15, 0.2) is 0 Å². The monoisotopic (exact) mass is 266 g/mol. The number of hydrogen-bond acceptors (Lipinski definition) is 3. The molecule has 19 heavy (non-hydrogen) atoms. The summed E-state index contributed by atoms with van der Waals surface area (Å²) >= 11 is 0. The van der Waals surface area contributed by atoms with Crippen LogP contribution in [0.1, 0.15) is 60.3 Å². The number of nitrogens with zero attached hydrogens (tertiary/aromatic N) is 2. The second kappa shape index (κ2) is 6.70. The lowest BCUT2D eigenvalue weighted by atomic mass is 10.0. The molecule has 0 aromatic carbocycles. The molecule has 5 heteroatoms. The lowest BCUT2D eigenvalue weighted by Gasteiger charge is -2.11. The highest BCUT2D eigenvalue weighted by Gasteiger charge is 2.23. The normalized spacial score (nSPS) is 16.9. The van der Waals surface area contributed by atoms with Gasteiger partial charge in [0.05, 0.1) is 12.3 Å². The summed E-state index contributed by atoms with van der Waals surface area (Å²) in [4.78, 5) is 11.5. The molecule has 5 nitrogen and oxygen atoms in total. The summed E-state index contributed by atoms with van der Waals surface area (Å²) in [7, 11) is 1.57. The first-order valence-corrected chi connectivity index (χ1v) is 7.05. The van der Waals surface area contributed by atoms with Crippen LogP contribution in [0, 0.1) is 0 Å². The number of hydrogen-bond donors (Lipinski definition) is 1. The van der Waals surface area contributed by atoms with Gasteiger partial charge in [-0.1, -0.05) is 25.7 Å². The van der Waals surface area contributed by atoms with Gasteiger partial charge in [0.2, 0.25) is 0 Å². The molecule has 0 saturated heterocycles. The fourth-order valence-electron chi connectivity index (χ4n) is 2.74. The summed E-state index contributed by atoms with van der Waals surface area (Å²) < 4.78 is 6.96. The van der Waals surface area contributed by atoms with Crippen LogP contribution in [0.4, 0.5) is 0 Å². The maximum absolute atomic E-state index is 11.5. The van der Waals surface area contributed by atoms with E-state index in [0.717, 1.165) is 31.5 Å². The Balaban J connectivity index is 2.33. The van der Waals surface area contributed by atoms with Crippen LogP contribution in [-0.2, 0) is 24.3 Å². The molecule has 0 radical (unpaired) electrons. The summed E-state index contributed by atoms with van der Waals surface area (Å²) in [6.07, 6.45) is 7.80. The minimum Gasteiger partial charge on any atom is -0.478 e.